The van der Waals surface area contributed by atoms with Crippen molar-refractivity contribution in [2.45, 2.75) is 47.0 Å². The molecule has 0 N–H and O–H groups in total. The van der Waals surface area contributed by atoms with Gasteiger partial charge in [-0.3, -0.25) is 0 Å². The molecule has 0 aliphatic heterocycles. The molecule has 1 heteroatoms. The highest BCUT2D eigenvalue weighted by Crippen LogP contribution is 2.40. The Labute approximate surface area is 106 Å². The monoisotopic (exact) mass is 234 g/mol. The second-order valence-corrected chi connectivity index (χ2v) is 5.67. The van der Waals surface area contributed by atoms with E-state index >= 15 is 0 Å². The number of hydrogen-bond donors (Lipinski definition) is 0. The maximum Gasteiger partial charge on any atom is 0.0649 e. The Morgan fingerprint density at radius 2 is 2.12 bits per heavy atom. The van der Waals surface area contributed by atoms with Crippen molar-refractivity contribution >= 4 is 0 Å². The van der Waals surface area contributed by atoms with E-state index in [9.17, 15) is 0 Å². The third-order valence-corrected chi connectivity index (χ3v) is 3.63. The van der Waals surface area contributed by atoms with E-state index in [1.807, 2.05) is 0 Å². The van der Waals surface area contributed by atoms with Crippen molar-refractivity contribution in [1.82, 2.24) is 0 Å². The second-order valence-electron chi connectivity index (χ2n) is 5.67. The Bertz CT molecular complexity index is 343. The molecule has 0 aromatic rings. The molecule has 0 bridgehead atoms. The lowest BCUT2D eigenvalue weighted by atomic mass is 9.72. The fraction of sp³-hybridized carbons (Fsp3) is 0.625. The van der Waals surface area contributed by atoms with Gasteiger partial charge in [0.2, 0.25) is 0 Å². The molecule has 1 aliphatic rings. The Morgan fingerprint density at radius 1 is 1.41 bits per heavy atom. The first-order chi connectivity index (χ1) is 7.97. The van der Waals surface area contributed by atoms with Gasteiger partial charge in [0, 0.05) is 7.11 Å². The highest BCUT2D eigenvalue weighted by molar-refractivity contribution is 5.35. The van der Waals surface area contributed by atoms with E-state index in [1.54, 1.807) is 12.7 Å². The van der Waals surface area contributed by atoms with Crippen molar-refractivity contribution in [3.05, 3.63) is 34.9 Å². The van der Waals surface area contributed by atoms with Crippen molar-refractivity contribution in [3.8, 4) is 0 Å². The van der Waals surface area contributed by atoms with E-state index in [4.69, 9.17) is 4.74 Å². The molecular weight excluding hydrogens is 208 g/mol. The van der Waals surface area contributed by atoms with Crippen LogP contribution in [0.25, 0.3) is 0 Å². The quantitative estimate of drug-likeness (QED) is 0.643. The maximum absolute atomic E-state index is 5.04. The van der Waals surface area contributed by atoms with Gasteiger partial charge in [-0.05, 0) is 44.1 Å². The topological polar surface area (TPSA) is 9.23 Å². The fourth-order valence-electron chi connectivity index (χ4n) is 2.51. The van der Waals surface area contributed by atoms with E-state index < -0.39 is 0 Å². The van der Waals surface area contributed by atoms with Crippen LogP contribution in [0.3, 0.4) is 0 Å². The van der Waals surface area contributed by atoms with Crippen molar-refractivity contribution in [1.29, 1.82) is 0 Å². The van der Waals surface area contributed by atoms with Gasteiger partial charge in [-0.15, -0.1) is 0 Å². The van der Waals surface area contributed by atoms with Gasteiger partial charge < -0.3 is 4.74 Å². The van der Waals surface area contributed by atoms with Gasteiger partial charge in [-0.25, -0.2) is 0 Å². The molecule has 0 saturated carbocycles. The van der Waals surface area contributed by atoms with E-state index in [-0.39, 0.29) is 0 Å². The molecular formula is C16H26O. The summed E-state index contributed by atoms with van der Waals surface area (Å²) >= 11 is 0. The molecule has 0 spiro atoms. The number of hydrogen-bond acceptors (Lipinski definition) is 1. The molecule has 0 amide bonds. The van der Waals surface area contributed by atoms with Crippen molar-refractivity contribution < 1.29 is 4.74 Å². The summed E-state index contributed by atoms with van der Waals surface area (Å²) in [5, 5.41) is 0. The Hall–Kier alpha value is -0.820. The summed E-state index contributed by atoms with van der Waals surface area (Å²) < 4.78 is 5.04. The summed E-state index contributed by atoms with van der Waals surface area (Å²) in [6.07, 6.45) is 10.5. The molecule has 0 aromatic heterocycles. The van der Waals surface area contributed by atoms with Crippen LogP contribution in [0.4, 0.5) is 0 Å². The zero-order valence-corrected chi connectivity index (χ0v) is 12.0. The number of ether oxygens (including phenoxy) is 1. The predicted molar refractivity (Wildman–Crippen MR) is 75.1 cm³/mol. The zero-order valence-electron chi connectivity index (χ0n) is 12.0. The van der Waals surface area contributed by atoms with E-state index in [2.05, 4.69) is 45.9 Å². The Morgan fingerprint density at radius 3 is 2.71 bits per heavy atom. The molecule has 0 unspecified atom stereocenters. The van der Waals surface area contributed by atoms with Crippen LogP contribution in [0.2, 0.25) is 0 Å². The van der Waals surface area contributed by atoms with Crippen molar-refractivity contribution in [2.24, 2.45) is 5.41 Å². The molecule has 1 rings (SSSR count). The average Bonchev–Trinajstić information content (AvgIpc) is 2.24. The van der Waals surface area contributed by atoms with Gasteiger partial charge in [-0.2, -0.15) is 0 Å². The van der Waals surface area contributed by atoms with Crippen LogP contribution < -0.4 is 0 Å². The van der Waals surface area contributed by atoms with Crippen LogP contribution in [0.15, 0.2) is 34.9 Å². The summed E-state index contributed by atoms with van der Waals surface area (Å²) in [6, 6.07) is 0. The smallest absolute Gasteiger partial charge is 0.0649 e. The molecule has 1 nitrogen and oxygen atoms in total. The minimum absolute atomic E-state index is 0.334. The number of rotatable bonds is 4. The maximum atomic E-state index is 5.04. The third kappa shape index (κ3) is 4.16. The van der Waals surface area contributed by atoms with Gasteiger partial charge in [-0.1, -0.05) is 43.2 Å². The summed E-state index contributed by atoms with van der Waals surface area (Å²) in [4.78, 5) is 0. The van der Waals surface area contributed by atoms with Crippen LogP contribution in [0, 0.1) is 5.41 Å². The lowest BCUT2D eigenvalue weighted by molar-refractivity contribution is 0.233. The van der Waals surface area contributed by atoms with Crippen LogP contribution in [0.1, 0.15) is 47.0 Å². The van der Waals surface area contributed by atoms with Crippen molar-refractivity contribution in [2.75, 3.05) is 13.7 Å². The van der Waals surface area contributed by atoms with Crippen LogP contribution in [-0.2, 0) is 4.74 Å². The SMILES string of the molecule is COC/C=C(C)/C=C\C1=C(C)CCCC1(C)C. The highest BCUT2D eigenvalue weighted by atomic mass is 16.5. The molecule has 0 saturated heterocycles. The average molecular weight is 234 g/mol. The molecule has 17 heavy (non-hydrogen) atoms. The largest absolute Gasteiger partial charge is 0.381 e. The first-order valence-corrected chi connectivity index (χ1v) is 6.51. The van der Waals surface area contributed by atoms with E-state index in [1.165, 1.54) is 30.4 Å². The summed E-state index contributed by atoms with van der Waals surface area (Å²) in [7, 11) is 1.73. The van der Waals surface area contributed by atoms with Crippen LogP contribution in [0.5, 0.6) is 0 Å². The molecule has 0 atom stereocenters. The molecule has 0 heterocycles. The van der Waals surface area contributed by atoms with Gasteiger partial charge in [0.1, 0.15) is 0 Å². The lowest BCUT2D eigenvalue weighted by Crippen LogP contribution is -2.19. The molecule has 0 aromatic carbocycles. The zero-order chi connectivity index (χ0) is 12.9. The minimum Gasteiger partial charge on any atom is -0.381 e. The summed E-state index contributed by atoms with van der Waals surface area (Å²) in [5.74, 6) is 0. The number of methoxy groups -OCH3 is 1. The fourth-order valence-corrected chi connectivity index (χ4v) is 2.51. The molecule has 1 aliphatic carbocycles. The van der Waals surface area contributed by atoms with Gasteiger partial charge in [0.25, 0.3) is 0 Å². The summed E-state index contributed by atoms with van der Waals surface area (Å²) in [6.45, 7) is 9.79. The second kappa shape index (κ2) is 6.20. The molecule has 0 radical (unpaired) electrons. The summed E-state index contributed by atoms with van der Waals surface area (Å²) in [5.41, 5.74) is 4.68. The van der Waals surface area contributed by atoms with Crippen molar-refractivity contribution in [3.63, 3.8) is 0 Å². The predicted octanol–water partition coefficient (Wildman–Crippen LogP) is 4.66. The normalized spacial score (nSPS) is 21.4. The minimum atomic E-state index is 0.334. The van der Waals surface area contributed by atoms with Gasteiger partial charge in [0.15, 0.2) is 0 Å². The van der Waals surface area contributed by atoms with E-state index in [0.29, 0.717) is 12.0 Å². The third-order valence-electron chi connectivity index (χ3n) is 3.63. The lowest BCUT2D eigenvalue weighted by Gasteiger charge is -2.32. The molecule has 0 fully saturated rings. The Kier molecular flexibility index (Phi) is 5.20. The standard InChI is InChI=1S/C16H26O/c1-13(10-12-17-5)8-9-15-14(2)7-6-11-16(15,3)4/h8-10H,6-7,11-12H2,1-5H3/b9-8-,13-10+. The first-order valence-electron chi connectivity index (χ1n) is 6.51. The van der Waals surface area contributed by atoms with Crippen LogP contribution >= 0.6 is 0 Å². The Balaban J connectivity index is 2.82. The molecule has 96 valence electrons. The van der Waals surface area contributed by atoms with Gasteiger partial charge >= 0.3 is 0 Å². The number of allylic oxidation sites excluding steroid dienone is 5. The van der Waals surface area contributed by atoms with Crippen LogP contribution in [-0.4, -0.2) is 13.7 Å². The highest BCUT2D eigenvalue weighted by Gasteiger charge is 2.26. The van der Waals surface area contributed by atoms with E-state index in [0.717, 1.165) is 0 Å². The first kappa shape index (κ1) is 14.2. The van der Waals surface area contributed by atoms with Gasteiger partial charge in [0.05, 0.1) is 6.61 Å².